The molecule has 2 aliphatic carbocycles. The van der Waals surface area contributed by atoms with E-state index >= 15 is 0 Å². The predicted octanol–water partition coefficient (Wildman–Crippen LogP) is 2.61. The first-order valence-corrected chi connectivity index (χ1v) is 7.76. The summed E-state index contributed by atoms with van der Waals surface area (Å²) < 4.78 is 4.69. The Morgan fingerprint density at radius 1 is 1.35 bits per heavy atom. The number of amides is 1. The number of aryl methyl sites for hydroxylation is 1. The van der Waals surface area contributed by atoms with E-state index in [-0.39, 0.29) is 11.8 Å². The topological polar surface area (TPSA) is 68.3 Å². The van der Waals surface area contributed by atoms with Gasteiger partial charge < -0.3 is 10.1 Å². The van der Waals surface area contributed by atoms with Crippen molar-refractivity contribution in [2.75, 3.05) is 12.4 Å². The molecule has 3 atom stereocenters. The molecular weight excluding hydrogens is 276 g/mol. The van der Waals surface area contributed by atoms with Gasteiger partial charge in [-0.25, -0.2) is 9.78 Å². The van der Waals surface area contributed by atoms with Gasteiger partial charge in [0, 0.05) is 5.92 Å². The van der Waals surface area contributed by atoms with Gasteiger partial charge in [-0.15, -0.1) is 0 Å². The number of rotatable bonds is 3. The zero-order valence-corrected chi connectivity index (χ0v) is 12.5. The number of nitrogens with zero attached hydrogens (tertiary/aromatic N) is 1. The van der Waals surface area contributed by atoms with Crippen molar-refractivity contribution < 1.29 is 14.3 Å². The molecule has 1 N–H and O–H groups in total. The van der Waals surface area contributed by atoms with E-state index < -0.39 is 5.97 Å². The summed E-state index contributed by atoms with van der Waals surface area (Å²) >= 11 is 1.18. The molecule has 1 aromatic heterocycles. The zero-order valence-electron chi connectivity index (χ0n) is 11.6. The van der Waals surface area contributed by atoms with Crippen LogP contribution < -0.4 is 5.32 Å². The van der Waals surface area contributed by atoms with Crippen molar-refractivity contribution in [2.24, 2.45) is 17.8 Å². The van der Waals surface area contributed by atoms with Gasteiger partial charge >= 0.3 is 5.97 Å². The standard InChI is InChI=1S/C14H18N2O3S/c1-7-11(13(18)19-2)20-14(15-7)16-12(17)10-6-8-3-4-9(10)5-8/h8-10H,3-6H2,1-2H3,(H,15,16,17). The van der Waals surface area contributed by atoms with Crippen molar-refractivity contribution >= 4 is 28.3 Å². The number of hydrogen-bond acceptors (Lipinski definition) is 5. The molecule has 20 heavy (non-hydrogen) atoms. The molecule has 3 rings (SSSR count). The SMILES string of the molecule is COC(=O)c1sc(NC(=O)C2CC3CCC2C3)nc1C. The molecule has 2 saturated carbocycles. The summed E-state index contributed by atoms with van der Waals surface area (Å²) in [6, 6.07) is 0. The molecule has 0 radical (unpaired) electrons. The Morgan fingerprint density at radius 2 is 2.15 bits per heavy atom. The van der Waals surface area contributed by atoms with Crippen molar-refractivity contribution in [1.29, 1.82) is 0 Å². The molecule has 5 nitrogen and oxygen atoms in total. The van der Waals surface area contributed by atoms with Crippen LogP contribution in [0.1, 0.15) is 41.0 Å². The fourth-order valence-corrected chi connectivity index (χ4v) is 4.38. The number of thiazole rings is 1. The molecule has 1 amide bonds. The first-order chi connectivity index (χ1) is 9.58. The summed E-state index contributed by atoms with van der Waals surface area (Å²) in [6.45, 7) is 1.75. The van der Waals surface area contributed by atoms with E-state index in [4.69, 9.17) is 4.74 Å². The maximum absolute atomic E-state index is 12.3. The molecule has 2 bridgehead atoms. The van der Waals surface area contributed by atoms with Crippen molar-refractivity contribution in [3.63, 3.8) is 0 Å². The Balaban J connectivity index is 1.69. The Morgan fingerprint density at radius 3 is 2.75 bits per heavy atom. The van der Waals surface area contributed by atoms with E-state index in [0.29, 0.717) is 21.6 Å². The van der Waals surface area contributed by atoms with Gasteiger partial charge in [0.1, 0.15) is 4.88 Å². The third-order valence-corrected chi connectivity index (χ3v) is 5.53. The smallest absolute Gasteiger partial charge is 0.350 e. The van der Waals surface area contributed by atoms with E-state index in [1.165, 1.54) is 37.7 Å². The lowest BCUT2D eigenvalue weighted by Gasteiger charge is -2.19. The van der Waals surface area contributed by atoms with Crippen molar-refractivity contribution in [3.8, 4) is 0 Å². The van der Waals surface area contributed by atoms with Crippen LogP contribution in [0.5, 0.6) is 0 Å². The second kappa shape index (κ2) is 5.16. The lowest BCUT2D eigenvalue weighted by atomic mass is 9.88. The quantitative estimate of drug-likeness (QED) is 0.870. The summed E-state index contributed by atoms with van der Waals surface area (Å²) in [7, 11) is 1.34. The summed E-state index contributed by atoms with van der Waals surface area (Å²) in [5, 5.41) is 3.37. The molecule has 2 fully saturated rings. The van der Waals surface area contributed by atoms with E-state index in [1.54, 1.807) is 6.92 Å². The summed E-state index contributed by atoms with van der Waals surface area (Å²) in [5.41, 5.74) is 0.602. The van der Waals surface area contributed by atoms with Gasteiger partial charge in [-0.2, -0.15) is 0 Å². The molecule has 0 saturated heterocycles. The fraction of sp³-hybridized carbons (Fsp3) is 0.643. The summed E-state index contributed by atoms with van der Waals surface area (Å²) in [4.78, 5) is 28.5. The first kappa shape index (κ1) is 13.5. The molecule has 0 aromatic carbocycles. The van der Waals surface area contributed by atoms with Crippen molar-refractivity contribution in [1.82, 2.24) is 4.98 Å². The molecular formula is C14H18N2O3S. The number of carbonyl (C=O) groups excluding carboxylic acids is 2. The maximum atomic E-state index is 12.3. The van der Waals surface area contributed by atoms with Crippen LogP contribution in [0, 0.1) is 24.7 Å². The minimum Gasteiger partial charge on any atom is -0.465 e. The van der Waals surface area contributed by atoms with Crippen LogP contribution in [-0.2, 0) is 9.53 Å². The largest absolute Gasteiger partial charge is 0.465 e. The van der Waals surface area contributed by atoms with Gasteiger partial charge in [-0.3, -0.25) is 4.79 Å². The fourth-order valence-electron chi connectivity index (χ4n) is 3.50. The van der Waals surface area contributed by atoms with E-state index in [2.05, 4.69) is 10.3 Å². The number of aromatic nitrogens is 1. The van der Waals surface area contributed by atoms with Crippen LogP contribution in [0.15, 0.2) is 0 Å². The number of methoxy groups -OCH3 is 1. The molecule has 3 unspecified atom stereocenters. The molecule has 0 spiro atoms. The van der Waals surface area contributed by atoms with Crippen LogP contribution in [-0.4, -0.2) is 24.0 Å². The van der Waals surface area contributed by atoms with Gasteiger partial charge in [-0.1, -0.05) is 17.8 Å². The lowest BCUT2D eigenvalue weighted by Crippen LogP contribution is -2.27. The molecule has 0 aliphatic heterocycles. The normalized spacial score (nSPS) is 27.6. The van der Waals surface area contributed by atoms with Crippen LogP contribution in [0.4, 0.5) is 5.13 Å². The maximum Gasteiger partial charge on any atom is 0.350 e. The Hall–Kier alpha value is -1.43. The first-order valence-electron chi connectivity index (χ1n) is 6.95. The van der Waals surface area contributed by atoms with Crippen LogP contribution >= 0.6 is 11.3 Å². The van der Waals surface area contributed by atoms with E-state index in [1.807, 2.05) is 0 Å². The monoisotopic (exact) mass is 294 g/mol. The number of ether oxygens (including phenoxy) is 1. The van der Waals surface area contributed by atoms with Gasteiger partial charge in [0.15, 0.2) is 5.13 Å². The van der Waals surface area contributed by atoms with Crippen LogP contribution in [0.25, 0.3) is 0 Å². The van der Waals surface area contributed by atoms with Crippen molar-refractivity contribution in [2.45, 2.75) is 32.6 Å². The van der Waals surface area contributed by atoms with Crippen LogP contribution in [0.3, 0.4) is 0 Å². The molecule has 1 aromatic rings. The average Bonchev–Trinajstić information content (AvgIpc) is 3.13. The predicted molar refractivity (Wildman–Crippen MR) is 75.8 cm³/mol. The second-order valence-electron chi connectivity index (χ2n) is 5.70. The Labute approximate surface area is 121 Å². The average molecular weight is 294 g/mol. The van der Waals surface area contributed by atoms with Gasteiger partial charge in [0.25, 0.3) is 0 Å². The van der Waals surface area contributed by atoms with Gasteiger partial charge in [0.05, 0.1) is 12.8 Å². The highest BCUT2D eigenvalue weighted by atomic mass is 32.1. The highest BCUT2D eigenvalue weighted by Gasteiger charge is 2.43. The number of carbonyl (C=O) groups is 2. The molecule has 2 aliphatic rings. The second-order valence-corrected chi connectivity index (χ2v) is 6.69. The number of anilines is 1. The van der Waals surface area contributed by atoms with Gasteiger partial charge in [-0.05, 0) is 38.0 Å². The Kier molecular flexibility index (Phi) is 3.50. The van der Waals surface area contributed by atoms with Crippen molar-refractivity contribution in [3.05, 3.63) is 10.6 Å². The number of hydrogen-bond donors (Lipinski definition) is 1. The van der Waals surface area contributed by atoms with Gasteiger partial charge in [0.2, 0.25) is 5.91 Å². The Bertz CT molecular complexity index is 555. The number of fused-ring (bicyclic) bond motifs is 2. The minimum atomic E-state index is -0.402. The molecule has 6 heteroatoms. The zero-order chi connectivity index (χ0) is 14.3. The summed E-state index contributed by atoms with van der Waals surface area (Å²) in [6.07, 6.45) is 4.65. The highest BCUT2D eigenvalue weighted by Crippen LogP contribution is 2.48. The lowest BCUT2D eigenvalue weighted by molar-refractivity contribution is -0.121. The van der Waals surface area contributed by atoms with Crippen LogP contribution in [0.2, 0.25) is 0 Å². The minimum absolute atomic E-state index is 0.0577. The van der Waals surface area contributed by atoms with E-state index in [9.17, 15) is 9.59 Å². The third kappa shape index (κ3) is 2.32. The van der Waals surface area contributed by atoms with E-state index in [0.717, 1.165) is 12.3 Å². The number of nitrogens with one attached hydrogen (secondary N) is 1. The molecule has 1 heterocycles. The highest BCUT2D eigenvalue weighted by molar-refractivity contribution is 7.17. The third-order valence-electron chi connectivity index (χ3n) is 4.47. The summed E-state index contributed by atoms with van der Waals surface area (Å²) in [5.74, 6) is 1.06. The number of esters is 1. The molecule has 108 valence electrons.